The average Bonchev–Trinajstić information content (AvgIpc) is 2.44. The molecule has 5 heteroatoms. The van der Waals surface area contributed by atoms with Crippen LogP contribution in [0.3, 0.4) is 0 Å². The van der Waals surface area contributed by atoms with Gasteiger partial charge in [-0.15, -0.1) is 11.6 Å². The lowest BCUT2D eigenvalue weighted by atomic mass is 9.47. The number of benzene rings is 1. The van der Waals surface area contributed by atoms with Crippen LogP contribution in [0.1, 0.15) is 43.7 Å². The van der Waals surface area contributed by atoms with E-state index in [4.69, 9.17) is 17.1 Å². The summed E-state index contributed by atoms with van der Waals surface area (Å²) in [5, 5.41) is 15.4. The minimum absolute atomic E-state index is 0.0192. The van der Waals surface area contributed by atoms with Crippen molar-refractivity contribution in [1.29, 1.82) is 0 Å². The third kappa shape index (κ3) is 2.13. The molecule has 116 valence electrons. The Kier molecular flexibility index (Phi) is 3.19. The van der Waals surface area contributed by atoms with E-state index in [-0.39, 0.29) is 16.8 Å². The summed E-state index contributed by atoms with van der Waals surface area (Å²) in [5.74, 6) is 0.849. The number of aliphatic hydroxyl groups is 1. The number of rotatable bonds is 3. The predicted molar refractivity (Wildman–Crippen MR) is 85.4 cm³/mol. The van der Waals surface area contributed by atoms with Crippen LogP contribution in [0.2, 0.25) is 0 Å². The first-order valence-electron chi connectivity index (χ1n) is 8.03. The number of hydrogen-bond acceptors (Lipinski definition) is 2. The Morgan fingerprint density at radius 2 is 2.05 bits per heavy atom. The molecule has 1 N–H and O–H groups in total. The second-order valence-electron chi connectivity index (χ2n) is 7.49. The highest BCUT2D eigenvalue weighted by Crippen LogP contribution is 2.65. The van der Waals surface area contributed by atoms with E-state index in [1.165, 1.54) is 0 Å². The number of azide groups is 1. The summed E-state index contributed by atoms with van der Waals surface area (Å²) in [4.78, 5) is 2.83. The van der Waals surface area contributed by atoms with E-state index in [0.717, 1.165) is 31.2 Å². The summed E-state index contributed by atoms with van der Waals surface area (Å²) < 4.78 is 0. The third-order valence-electron chi connectivity index (χ3n) is 5.97. The molecule has 0 spiro atoms. The van der Waals surface area contributed by atoms with E-state index < -0.39 is 5.60 Å². The van der Waals surface area contributed by atoms with Gasteiger partial charge in [-0.25, -0.2) is 0 Å². The predicted octanol–water partition coefficient (Wildman–Crippen LogP) is 4.59. The normalized spacial score (nSPS) is 43.6. The first-order chi connectivity index (χ1) is 10.5. The topological polar surface area (TPSA) is 69.0 Å². The molecule has 4 bridgehead atoms. The van der Waals surface area contributed by atoms with Crippen molar-refractivity contribution in [3.05, 3.63) is 46.3 Å². The number of hydrogen-bond donors (Lipinski definition) is 1. The third-order valence-corrected chi connectivity index (χ3v) is 6.41. The zero-order valence-electron chi connectivity index (χ0n) is 12.4. The molecule has 4 aliphatic carbocycles. The molecule has 4 saturated carbocycles. The van der Waals surface area contributed by atoms with Crippen LogP contribution in [0.15, 0.2) is 35.4 Å². The van der Waals surface area contributed by atoms with Crippen LogP contribution in [0.4, 0.5) is 0 Å². The summed E-state index contributed by atoms with van der Waals surface area (Å²) in [6.45, 7) is 0. The van der Waals surface area contributed by atoms with Gasteiger partial charge in [0.1, 0.15) is 0 Å². The lowest BCUT2D eigenvalue weighted by Crippen LogP contribution is -2.63. The summed E-state index contributed by atoms with van der Waals surface area (Å²) >= 11 is 6.75. The van der Waals surface area contributed by atoms with Gasteiger partial charge in [0.25, 0.3) is 0 Å². The van der Waals surface area contributed by atoms with Gasteiger partial charge in [0.05, 0.1) is 11.6 Å². The van der Waals surface area contributed by atoms with Crippen LogP contribution in [0.5, 0.6) is 0 Å². The fourth-order valence-corrected chi connectivity index (χ4v) is 6.30. The molecule has 1 aromatic carbocycles. The molecule has 4 aliphatic rings. The Morgan fingerprint density at radius 3 is 2.68 bits per heavy atom. The van der Waals surface area contributed by atoms with Crippen LogP contribution in [-0.4, -0.2) is 15.6 Å². The standard InChI is InChI=1S/C17H20ClN3O/c18-16-7-11-6-13(9-16)14(17(22,8-11)10-16)15(20-21-19)12-4-2-1-3-5-12/h1-5,11,13-15,22H,6-10H2/t11-,13+,14-,15?,16+,17+/m1/s1. The number of alkyl halides is 1. The highest BCUT2D eigenvalue weighted by molar-refractivity contribution is 6.24. The van der Waals surface area contributed by atoms with Gasteiger partial charge in [-0.05, 0) is 55.0 Å². The molecule has 6 atom stereocenters. The van der Waals surface area contributed by atoms with Gasteiger partial charge in [0.2, 0.25) is 0 Å². The Labute approximate surface area is 135 Å². The fraction of sp³-hybridized carbons (Fsp3) is 0.647. The van der Waals surface area contributed by atoms with Gasteiger partial charge < -0.3 is 5.11 Å². The molecule has 0 aromatic heterocycles. The lowest BCUT2D eigenvalue weighted by molar-refractivity contribution is -0.170. The molecule has 0 radical (unpaired) electrons. The highest BCUT2D eigenvalue weighted by atomic mass is 35.5. The van der Waals surface area contributed by atoms with Gasteiger partial charge in [0, 0.05) is 15.7 Å². The van der Waals surface area contributed by atoms with Crippen molar-refractivity contribution in [3.8, 4) is 0 Å². The molecule has 1 unspecified atom stereocenters. The fourth-order valence-electron chi connectivity index (χ4n) is 5.66. The van der Waals surface area contributed by atoms with E-state index >= 15 is 0 Å². The minimum Gasteiger partial charge on any atom is -0.389 e. The van der Waals surface area contributed by atoms with Crippen molar-refractivity contribution in [3.63, 3.8) is 0 Å². The smallest absolute Gasteiger partial charge is 0.0705 e. The number of halogens is 1. The maximum atomic E-state index is 11.3. The molecular formula is C17H20ClN3O. The number of nitrogens with zero attached hydrogens (tertiary/aromatic N) is 3. The molecule has 22 heavy (non-hydrogen) atoms. The van der Waals surface area contributed by atoms with Gasteiger partial charge in [0.15, 0.2) is 0 Å². The zero-order valence-corrected chi connectivity index (χ0v) is 13.2. The molecule has 4 fully saturated rings. The van der Waals surface area contributed by atoms with Crippen molar-refractivity contribution in [2.24, 2.45) is 22.9 Å². The Hall–Kier alpha value is -1.22. The lowest BCUT2D eigenvalue weighted by Gasteiger charge is -2.63. The summed E-state index contributed by atoms with van der Waals surface area (Å²) in [6.07, 6.45) is 4.49. The monoisotopic (exact) mass is 317 g/mol. The molecule has 1 aromatic rings. The molecule has 0 amide bonds. The maximum absolute atomic E-state index is 11.3. The van der Waals surface area contributed by atoms with Gasteiger partial charge in [-0.3, -0.25) is 0 Å². The van der Waals surface area contributed by atoms with Crippen molar-refractivity contribution in [2.45, 2.75) is 48.6 Å². The quantitative estimate of drug-likeness (QED) is 0.377. The second kappa shape index (κ2) is 4.89. The Balaban J connectivity index is 1.76. The highest BCUT2D eigenvalue weighted by Gasteiger charge is 2.63. The van der Waals surface area contributed by atoms with Crippen molar-refractivity contribution in [2.75, 3.05) is 0 Å². The van der Waals surface area contributed by atoms with Crippen LogP contribution >= 0.6 is 11.6 Å². The van der Waals surface area contributed by atoms with Crippen molar-refractivity contribution < 1.29 is 5.11 Å². The molecular weight excluding hydrogens is 298 g/mol. The van der Waals surface area contributed by atoms with Crippen LogP contribution < -0.4 is 0 Å². The van der Waals surface area contributed by atoms with E-state index in [0.29, 0.717) is 18.3 Å². The molecule has 4 nitrogen and oxygen atoms in total. The first-order valence-corrected chi connectivity index (χ1v) is 8.41. The maximum Gasteiger partial charge on any atom is 0.0705 e. The second-order valence-corrected chi connectivity index (χ2v) is 8.29. The van der Waals surface area contributed by atoms with E-state index in [1.54, 1.807) is 0 Å². The van der Waals surface area contributed by atoms with Gasteiger partial charge in [-0.1, -0.05) is 35.4 Å². The van der Waals surface area contributed by atoms with Gasteiger partial charge >= 0.3 is 0 Å². The SMILES string of the molecule is [N-]=[N+]=NC(c1ccccc1)[C@H]1[C@H]2C[C@@H]3C[C@](Cl)(C2)C[C@@]1(O)C3. The van der Waals surface area contributed by atoms with Crippen LogP contribution in [0.25, 0.3) is 10.4 Å². The first kappa shape index (κ1) is 14.4. The summed E-state index contributed by atoms with van der Waals surface area (Å²) in [6, 6.07) is 9.54. The largest absolute Gasteiger partial charge is 0.389 e. The zero-order chi connectivity index (χ0) is 15.4. The molecule has 5 rings (SSSR count). The van der Waals surface area contributed by atoms with Crippen molar-refractivity contribution >= 4 is 11.6 Å². The summed E-state index contributed by atoms with van der Waals surface area (Å²) in [5.41, 5.74) is 9.24. The average molecular weight is 318 g/mol. The van der Waals surface area contributed by atoms with Crippen LogP contribution in [-0.2, 0) is 0 Å². The van der Waals surface area contributed by atoms with Crippen molar-refractivity contribution in [1.82, 2.24) is 0 Å². The summed E-state index contributed by atoms with van der Waals surface area (Å²) in [7, 11) is 0. The van der Waals surface area contributed by atoms with E-state index in [1.807, 2.05) is 30.3 Å². The Bertz CT molecular complexity index is 632. The van der Waals surface area contributed by atoms with E-state index in [9.17, 15) is 5.11 Å². The molecule has 0 aliphatic heterocycles. The van der Waals surface area contributed by atoms with Gasteiger partial charge in [-0.2, -0.15) is 0 Å². The molecule has 0 heterocycles. The van der Waals surface area contributed by atoms with Crippen LogP contribution in [0, 0.1) is 17.8 Å². The van der Waals surface area contributed by atoms with E-state index in [2.05, 4.69) is 10.0 Å². The molecule has 0 saturated heterocycles. The minimum atomic E-state index is -0.791. The Morgan fingerprint density at radius 1 is 1.27 bits per heavy atom.